The Kier molecular flexibility index (Phi) is 3.76. The fourth-order valence-corrected chi connectivity index (χ4v) is 2.03. The Bertz CT molecular complexity index is 518. The number of hydrogen-bond donors (Lipinski definition) is 1. The SMILES string of the molecule is Cc1cc(N(CCN)CC(C)C)n2ncnc2n1. The van der Waals surface area contributed by atoms with Crippen molar-refractivity contribution >= 4 is 11.6 Å². The number of nitrogens with zero attached hydrogens (tertiary/aromatic N) is 5. The number of aryl methyl sites for hydroxylation is 1. The first kappa shape index (κ1) is 12.8. The van der Waals surface area contributed by atoms with Crippen LogP contribution in [-0.4, -0.2) is 39.2 Å². The Hall–Kier alpha value is -1.69. The third kappa shape index (κ3) is 2.59. The van der Waals surface area contributed by atoms with Crippen molar-refractivity contribution in [3.8, 4) is 0 Å². The highest BCUT2D eigenvalue weighted by Crippen LogP contribution is 2.16. The van der Waals surface area contributed by atoms with Crippen molar-refractivity contribution in [2.75, 3.05) is 24.5 Å². The predicted molar refractivity (Wildman–Crippen MR) is 71.6 cm³/mol. The maximum absolute atomic E-state index is 5.70. The van der Waals surface area contributed by atoms with Gasteiger partial charge in [0.15, 0.2) is 0 Å². The Morgan fingerprint density at radius 1 is 1.44 bits per heavy atom. The molecule has 0 radical (unpaired) electrons. The molecule has 0 amide bonds. The van der Waals surface area contributed by atoms with Crippen LogP contribution in [0.15, 0.2) is 12.4 Å². The first-order chi connectivity index (χ1) is 8.61. The van der Waals surface area contributed by atoms with Gasteiger partial charge in [0, 0.05) is 31.4 Å². The van der Waals surface area contributed by atoms with Crippen LogP contribution in [0.3, 0.4) is 0 Å². The molecule has 2 heterocycles. The second-order valence-electron chi connectivity index (χ2n) is 4.86. The second kappa shape index (κ2) is 5.30. The molecule has 0 unspecified atom stereocenters. The topological polar surface area (TPSA) is 72.3 Å². The van der Waals surface area contributed by atoms with E-state index >= 15 is 0 Å². The van der Waals surface area contributed by atoms with Crippen LogP contribution in [0.5, 0.6) is 0 Å². The summed E-state index contributed by atoms with van der Waals surface area (Å²) in [6.07, 6.45) is 1.53. The van der Waals surface area contributed by atoms with Crippen LogP contribution >= 0.6 is 0 Å². The van der Waals surface area contributed by atoms with Gasteiger partial charge in [0.1, 0.15) is 12.1 Å². The third-order valence-corrected chi connectivity index (χ3v) is 2.67. The van der Waals surface area contributed by atoms with Crippen molar-refractivity contribution in [1.82, 2.24) is 19.6 Å². The minimum absolute atomic E-state index is 0.559. The van der Waals surface area contributed by atoms with Gasteiger partial charge in [-0.1, -0.05) is 13.8 Å². The van der Waals surface area contributed by atoms with Crippen LogP contribution in [-0.2, 0) is 0 Å². The zero-order valence-corrected chi connectivity index (χ0v) is 11.2. The quantitative estimate of drug-likeness (QED) is 0.849. The largest absolute Gasteiger partial charge is 0.355 e. The molecule has 98 valence electrons. The molecule has 0 saturated heterocycles. The lowest BCUT2D eigenvalue weighted by molar-refractivity contribution is 0.601. The van der Waals surface area contributed by atoms with E-state index in [-0.39, 0.29) is 0 Å². The summed E-state index contributed by atoms with van der Waals surface area (Å²) in [5, 5.41) is 4.23. The molecule has 2 rings (SSSR count). The van der Waals surface area contributed by atoms with Crippen LogP contribution < -0.4 is 10.6 Å². The summed E-state index contributed by atoms with van der Waals surface area (Å²) >= 11 is 0. The molecule has 0 aliphatic heterocycles. The molecule has 0 aromatic carbocycles. The van der Waals surface area contributed by atoms with Crippen molar-refractivity contribution in [1.29, 1.82) is 0 Å². The summed E-state index contributed by atoms with van der Waals surface area (Å²) in [4.78, 5) is 10.7. The highest BCUT2D eigenvalue weighted by Gasteiger charge is 2.13. The summed E-state index contributed by atoms with van der Waals surface area (Å²) in [5.74, 6) is 2.20. The minimum atomic E-state index is 0.559. The molecule has 6 heteroatoms. The maximum Gasteiger partial charge on any atom is 0.254 e. The maximum atomic E-state index is 5.70. The lowest BCUT2D eigenvalue weighted by Crippen LogP contribution is -2.34. The average Bonchev–Trinajstić information content (AvgIpc) is 2.74. The van der Waals surface area contributed by atoms with Gasteiger partial charge in [-0.2, -0.15) is 14.6 Å². The molecule has 2 aromatic heterocycles. The number of anilines is 1. The first-order valence-corrected chi connectivity index (χ1v) is 6.24. The third-order valence-electron chi connectivity index (χ3n) is 2.67. The van der Waals surface area contributed by atoms with Crippen molar-refractivity contribution in [2.45, 2.75) is 20.8 Å². The average molecular weight is 248 g/mol. The number of hydrogen-bond acceptors (Lipinski definition) is 5. The van der Waals surface area contributed by atoms with Crippen molar-refractivity contribution in [3.05, 3.63) is 18.1 Å². The van der Waals surface area contributed by atoms with E-state index in [1.807, 2.05) is 13.0 Å². The summed E-state index contributed by atoms with van der Waals surface area (Å²) in [6.45, 7) is 8.71. The monoisotopic (exact) mass is 248 g/mol. The minimum Gasteiger partial charge on any atom is -0.355 e. The van der Waals surface area contributed by atoms with Crippen molar-refractivity contribution in [2.24, 2.45) is 11.7 Å². The van der Waals surface area contributed by atoms with E-state index in [1.54, 1.807) is 4.52 Å². The number of nitrogens with two attached hydrogens (primary N) is 1. The standard InChI is InChI=1S/C12H20N6/c1-9(2)7-17(5-4-13)11-6-10(3)16-12-14-8-15-18(11)12/h6,8-9H,4-5,7,13H2,1-3H3. The lowest BCUT2D eigenvalue weighted by atomic mass is 10.2. The van der Waals surface area contributed by atoms with E-state index in [4.69, 9.17) is 5.73 Å². The fourth-order valence-electron chi connectivity index (χ4n) is 2.03. The Morgan fingerprint density at radius 2 is 2.22 bits per heavy atom. The highest BCUT2D eigenvalue weighted by molar-refractivity contribution is 5.47. The van der Waals surface area contributed by atoms with Gasteiger partial charge in [-0.3, -0.25) is 0 Å². The van der Waals surface area contributed by atoms with Crippen LogP contribution in [0.25, 0.3) is 5.78 Å². The Labute approximate surface area is 107 Å². The van der Waals surface area contributed by atoms with E-state index < -0.39 is 0 Å². The smallest absolute Gasteiger partial charge is 0.254 e. The summed E-state index contributed by atoms with van der Waals surface area (Å²) < 4.78 is 1.77. The predicted octanol–water partition coefficient (Wildman–Crippen LogP) is 0.854. The van der Waals surface area contributed by atoms with Crippen LogP contribution in [0.1, 0.15) is 19.5 Å². The van der Waals surface area contributed by atoms with E-state index in [2.05, 4.69) is 33.8 Å². The van der Waals surface area contributed by atoms with Crippen molar-refractivity contribution in [3.63, 3.8) is 0 Å². The molecular weight excluding hydrogens is 228 g/mol. The van der Waals surface area contributed by atoms with Crippen molar-refractivity contribution < 1.29 is 0 Å². The van der Waals surface area contributed by atoms with E-state index in [1.165, 1.54) is 6.33 Å². The van der Waals surface area contributed by atoms with Gasteiger partial charge in [-0.05, 0) is 12.8 Å². The van der Waals surface area contributed by atoms with Gasteiger partial charge in [-0.15, -0.1) is 0 Å². The molecule has 0 saturated carbocycles. The van der Waals surface area contributed by atoms with E-state index in [9.17, 15) is 0 Å². The zero-order chi connectivity index (χ0) is 13.1. The van der Waals surface area contributed by atoms with Gasteiger partial charge >= 0.3 is 0 Å². The highest BCUT2D eigenvalue weighted by atomic mass is 15.4. The number of rotatable bonds is 5. The molecule has 6 nitrogen and oxygen atoms in total. The van der Waals surface area contributed by atoms with E-state index in [0.717, 1.165) is 24.6 Å². The van der Waals surface area contributed by atoms with Crippen LogP contribution in [0.2, 0.25) is 0 Å². The number of fused-ring (bicyclic) bond motifs is 1. The summed E-state index contributed by atoms with van der Waals surface area (Å²) in [6, 6.07) is 2.03. The van der Waals surface area contributed by atoms with Gasteiger partial charge < -0.3 is 10.6 Å². The van der Waals surface area contributed by atoms with E-state index in [0.29, 0.717) is 18.2 Å². The molecule has 18 heavy (non-hydrogen) atoms. The zero-order valence-electron chi connectivity index (χ0n) is 11.2. The molecule has 0 fully saturated rings. The second-order valence-corrected chi connectivity index (χ2v) is 4.86. The summed E-state index contributed by atoms with van der Waals surface area (Å²) in [7, 11) is 0. The molecule has 2 N–H and O–H groups in total. The molecule has 0 atom stereocenters. The van der Waals surface area contributed by atoms with Crippen LogP contribution in [0, 0.1) is 12.8 Å². The molecule has 0 bridgehead atoms. The Morgan fingerprint density at radius 3 is 2.89 bits per heavy atom. The van der Waals surface area contributed by atoms with Gasteiger partial charge in [0.2, 0.25) is 0 Å². The molecular formula is C12H20N6. The fraction of sp³-hybridized carbons (Fsp3) is 0.583. The summed E-state index contributed by atoms with van der Waals surface area (Å²) in [5.41, 5.74) is 6.64. The number of aromatic nitrogens is 4. The molecule has 2 aromatic rings. The molecule has 0 spiro atoms. The first-order valence-electron chi connectivity index (χ1n) is 6.24. The van der Waals surface area contributed by atoms with Crippen LogP contribution in [0.4, 0.5) is 5.82 Å². The van der Waals surface area contributed by atoms with Gasteiger partial charge in [-0.25, -0.2) is 4.98 Å². The Balaban J connectivity index is 2.44. The lowest BCUT2D eigenvalue weighted by Gasteiger charge is -2.26. The van der Waals surface area contributed by atoms with Gasteiger partial charge in [0.05, 0.1) is 0 Å². The van der Waals surface area contributed by atoms with Gasteiger partial charge in [0.25, 0.3) is 5.78 Å². The molecule has 0 aliphatic carbocycles. The molecule has 0 aliphatic rings. The normalized spacial score (nSPS) is 11.4.